The van der Waals surface area contributed by atoms with Gasteiger partial charge in [-0.3, -0.25) is 4.79 Å². The zero-order valence-electron chi connectivity index (χ0n) is 10.1. The highest BCUT2D eigenvalue weighted by molar-refractivity contribution is 6.31. The first kappa shape index (κ1) is 13.2. The molecule has 98 valence electrons. The lowest BCUT2D eigenvalue weighted by atomic mass is 10.2. The van der Waals surface area contributed by atoms with Gasteiger partial charge in [0, 0.05) is 5.02 Å². The molecule has 0 saturated carbocycles. The molecule has 19 heavy (non-hydrogen) atoms. The molecule has 6 heteroatoms. The summed E-state index contributed by atoms with van der Waals surface area (Å²) in [5.74, 6) is 0.554. The molecule has 0 atom stereocenters. The number of carbonyl (C=O) groups excluding carboxylic acids is 1. The number of hydrazone groups is 1. The first-order chi connectivity index (χ1) is 9.06. The van der Waals surface area contributed by atoms with Gasteiger partial charge in [-0.2, -0.15) is 5.10 Å². The van der Waals surface area contributed by atoms with Crippen molar-refractivity contribution in [2.24, 2.45) is 5.10 Å². The van der Waals surface area contributed by atoms with Crippen molar-refractivity contribution in [3.8, 4) is 5.75 Å². The van der Waals surface area contributed by atoms with Gasteiger partial charge in [-0.25, -0.2) is 5.43 Å². The molecule has 2 N–H and O–H groups in total. The molecule has 0 bridgehead atoms. The van der Waals surface area contributed by atoms with Crippen LogP contribution in [0.3, 0.4) is 0 Å². The average molecular weight is 279 g/mol. The fourth-order valence-corrected chi connectivity index (χ4v) is 1.60. The number of hydrogen-bond acceptors (Lipinski definition) is 4. The number of aryl methyl sites for hydroxylation is 1. The Morgan fingerprint density at radius 1 is 1.42 bits per heavy atom. The van der Waals surface area contributed by atoms with E-state index in [1.54, 1.807) is 19.1 Å². The molecule has 0 fully saturated rings. The lowest BCUT2D eigenvalue weighted by Gasteiger charge is -2.02. The van der Waals surface area contributed by atoms with Crippen molar-refractivity contribution in [3.05, 3.63) is 52.4 Å². The zero-order valence-corrected chi connectivity index (χ0v) is 10.8. The number of aromatic hydroxyl groups is 1. The average Bonchev–Trinajstić information content (AvgIpc) is 2.78. The number of hydrogen-bond donors (Lipinski definition) is 2. The van der Waals surface area contributed by atoms with Gasteiger partial charge in [0.05, 0.1) is 11.8 Å². The van der Waals surface area contributed by atoms with Crippen molar-refractivity contribution in [3.63, 3.8) is 0 Å². The van der Waals surface area contributed by atoms with E-state index in [4.69, 9.17) is 16.0 Å². The Balaban J connectivity index is 2.05. The second kappa shape index (κ2) is 5.58. The standard InChI is InChI=1S/C13H11ClN2O3/c1-8-2-4-10(19-8)7-15-16-13(18)11-6-9(14)3-5-12(11)17/h2-7,17H,1H3,(H,16,18)/b15-7+. The van der Waals surface area contributed by atoms with E-state index in [0.29, 0.717) is 10.8 Å². The lowest BCUT2D eigenvalue weighted by Crippen LogP contribution is -2.17. The monoisotopic (exact) mass is 278 g/mol. The maximum Gasteiger partial charge on any atom is 0.275 e. The summed E-state index contributed by atoms with van der Waals surface area (Å²) in [6, 6.07) is 7.70. The molecule has 5 nitrogen and oxygen atoms in total. The molecule has 2 rings (SSSR count). The summed E-state index contributed by atoms with van der Waals surface area (Å²) in [7, 11) is 0. The van der Waals surface area contributed by atoms with Crippen LogP contribution in [-0.2, 0) is 0 Å². The van der Waals surface area contributed by atoms with Crippen LogP contribution in [0.4, 0.5) is 0 Å². The van der Waals surface area contributed by atoms with Crippen molar-refractivity contribution in [1.82, 2.24) is 5.43 Å². The number of phenols is 1. The van der Waals surface area contributed by atoms with Crippen LogP contribution in [0.5, 0.6) is 5.75 Å². The molecule has 0 saturated heterocycles. The molecule has 0 aliphatic heterocycles. The van der Waals surface area contributed by atoms with Gasteiger partial charge in [0.2, 0.25) is 0 Å². The minimum atomic E-state index is -0.556. The van der Waals surface area contributed by atoms with Crippen LogP contribution in [0.2, 0.25) is 5.02 Å². The largest absolute Gasteiger partial charge is 0.507 e. The number of rotatable bonds is 3. The second-order valence-electron chi connectivity index (χ2n) is 3.81. The maximum atomic E-state index is 11.7. The van der Waals surface area contributed by atoms with E-state index in [1.807, 2.05) is 0 Å². The molecule has 0 radical (unpaired) electrons. The Morgan fingerprint density at radius 3 is 2.89 bits per heavy atom. The Hall–Kier alpha value is -2.27. The molecule has 0 aliphatic rings. The Labute approximate surface area is 114 Å². The van der Waals surface area contributed by atoms with E-state index in [1.165, 1.54) is 24.4 Å². The minimum absolute atomic E-state index is 0.0558. The SMILES string of the molecule is Cc1ccc(/C=N/NC(=O)c2cc(Cl)ccc2O)o1. The number of nitrogens with one attached hydrogen (secondary N) is 1. The van der Waals surface area contributed by atoms with Gasteiger partial charge in [-0.05, 0) is 37.3 Å². The Kier molecular flexibility index (Phi) is 3.87. The van der Waals surface area contributed by atoms with Gasteiger partial charge in [0.1, 0.15) is 17.3 Å². The maximum absolute atomic E-state index is 11.7. The van der Waals surface area contributed by atoms with Crippen LogP contribution in [0.25, 0.3) is 0 Å². The fraction of sp³-hybridized carbons (Fsp3) is 0.0769. The van der Waals surface area contributed by atoms with Crippen LogP contribution in [0, 0.1) is 6.92 Å². The summed E-state index contributed by atoms with van der Waals surface area (Å²) in [6.07, 6.45) is 1.37. The lowest BCUT2D eigenvalue weighted by molar-refractivity contribution is 0.0952. The molecule has 2 aromatic rings. The summed E-state index contributed by atoms with van der Waals surface area (Å²) in [5, 5.41) is 13.6. The van der Waals surface area contributed by atoms with Crippen LogP contribution < -0.4 is 5.43 Å². The van der Waals surface area contributed by atoms with Crippen molar-refractivity contribution in [1.29, 1.82) is 0 Å². The summed E-state index contributed by atoms with van der Waals surface area (Å²) in [4.78, 5) is 11.7. The van der Waals surface area contributed by atoms with Crippen LogP contribution in [-0.4, -0.2) is 17.2 Å². The molecule has 0 aliphatic carbocycles. The van der Waals surface area contributed by atoms with Crippen LogP contribution in [0.15, 0.2) is 39.9 Å². The van der Waals surface area contributed by atoms with Gasteiger partial charge in [0.15, 0.2) is 0 Å². The smallest absolute Gasteiger partial charge is 0.275 e. The summed E-state index contributed by atoms with van der Waals surface area (Å²) in [5.41, 5.74) is 2.33. The van der Waals surface area contributed by atoms with Gasteiger partial charge in [0.25, 0.3) is 5.91 Å². The van der Waals surface area contributed by atoms with Crippen molar-refractivity contribution < 1.29 is 14.3 Å². The number of amides is 1. The van der Waals surface area contributed by atoms with E-state index < -0.39 is 5.91 Å². The zero-order chi connectivity index (χ0) is 13.8. The highest BCUT2D eigenvalue weighted by Crippen LogP contribution is 2.21. The number of phenolic OH excluding ortho intramolecular Hbond substituents is 1. The summed E-state index contributed by atoms with van der Waals surface area (Å²) < 4.78 is 5.24. The summed E-state index contributed by atoms with van der Waals surface area (Å²) in [6.45, 7) is 1.81. The predicted octanol–water partition coefficient (Wildman–Crippen LogP) is 2.71. The van der Waals surface area contributed by atoms with E-state index in [-0.39, 0.29) is 11.3 Å². The molecular formula is C13H11ClN2O3. The molecule has 0 spiro atoms. The Bertz CT molecular complexity index is 635. The van der Waals surface area contributed by atoms with E-state index >= 15 is 0 Å². The van der Waals surface area contributed by atoms with Gasteiger partial charge >= 0.3 is 0 Å². The quantitative estimate of drug-likeness (QED) is 0.669. The van der Waals surface area contributed by atoms with Crippen LogP contribution >= 0.6 is 11.6 Å². The van der Waals surface area contributed by atoms with Gasteiger partial charge in [-0.15, -0.1) is 0 Å². The highest BCUT2D eigenvalue weighted by Gasteiger charge is 2.10. The highest BCUT2D eigenvalue weighted by atomic mass is 35.5. The normalized spacial score (nSPS) is 10.8. The fourth-order valence-electron chi connectivity index (χ4n) is 1.43. The van der Waals surface area contributed by atoms with Crippen molar-refractivity contribution >= 4 is 23.7 Å². The molecule has 0 unspecified atom stereocenters. The second-order valence-corrected chi connectivity index (χ2v) is 4.25. The van der Waals surface area contributed by atoms with Crippen molar-refractivity contribution in [2.45, 2.75) is 6.92 Å². The third kappa shape index (κ3) is 3.35. The number of furan rings is 1. The molecule has 1 aromatic carbocycles. The predicted molar refractivity (Wildman–Crippen MR) is 71.6 cm³/mol. The number of benzene rings is 1. The minimum Gasteiger partial charge on any atom is -0.507 e. The van der Waals surface area contributed by atoms with E-state index in [0.717, 1.165) is 5.76 Å². The third-order valence-corrected chi connectivity index (χ3v) is 2.56. The van der Waals surface area contributed by atoms with E-state index in [2.05, 4.69) is 10.5 Å². The first-order valence-corrected chi connectivity index (χ1v) is 5.82. The first-order valence-electron chi connectivity index (χ1n) is 5.44. The topological polar surface area (TPSA) is 74.8 Å². The molecule has 1 amide bonds. The Morgan fingerprint density at radius 2 is 2.21 bits per heavy atom. The van der Waals surface area contributed by atoms with Gasteiger partial charge in [-0.1, -0.05) is 11.6 Å². The molecular weight excluding hydrogens is 268 g/mol. The molecule has 1 heterocycles. The van der Waals surface area contributed by atoms with E-state index in [9.17, 15) is 9.90 Å². The number of nitrogens with zero attached hydrogens (tertiary/aromatic N) is 1. The van der Waals surface area contributed by atoms with Gasteiger partial charge < -0.3 is 9.52 Å². The number of halogens is 1. The van der Waals surface area contributed by atoms with Crippen molar-refractivity contribution in [2.75, 3.05) is 0 Å². The summed E-state index contributed by atoms with van der Waals surface area (Å²) >= 11 is 5.75. The third-order valence-electron chi connectivity index (χ3n) is 2.32. The van der Waals surface area contributed by atoms with Crippen LogP contribution in [0.1, 0.15) is 21.9 Å². The number of carbonyl (C=O) groups is 1. The molecule has 1 aromatic heterocycles.